The lowest BCUT2D eigenvalue weighted by atomic mass is 10.2. The number of hydrogen-bond acceptors (Lipinski definition) is 6. The van der Waals surface area contributed by atoms with Gasteiger partial charge in [0.2, 0.25) is 10.0 Å². The molecule has 0 aliphatic rings. The van der Waals surface area contributed by atoms with Gasteiger partial charge in [-0.05, 0) is 60.2 Å². The van der Waals surface area contributed by atoms with Crippen LogP contribution in [0.15, 0.2) is 82.3 Å². The largest absolute Gasteiger partial charge is 0.468 e. The van der Waals surface area contributed by atoms with Crippen LogP contribution in [0.5, 0.6) is 0 Å². The Labute approximate surface area is 183 Å². The lowest BCUT2D eigenvalue weighted by Gasteiger charge is -2.06. The van der Waals surface area contributed by atoms with Crippen LogP contribution in [0.3, 0.4) is 0 Å². The maximum atomic E-state index is 12.8. The highest BCUT2D eigenvalue weighted by atomic mass is 32.2. The van der Waals surface area contributed by atoms with E-state index in [0.29, 0.717) is 17.0 Å². The van der Waals surface area contributed by atoms with Crippen molar-refractivity contribution in [2.45, 2.75) is 11.4 Å². The molecule has 0 radical (unpaired) electrons. The molecular formula is C22H19FN2O6S. The van der Waals surface area contributed by atoms with E-state index in [4.69, 9.17) is 9.15 Å². The van der Waals surface area contributed by atoms with Crippen molar-refractivity contribution >= 4 is 33.7 Å². The third kappa shape index (κ3) is 6.89. The number of nitrogens with one attached hydrogen (secondary N) is 2. The normalized spacial score (nSPS) is 11.4. The van der Waals surface area contributed by atoms with E-state index in [2.05, 4.69) is 10.0 Å². The fourth-order valence-corrected chi connectivity index (χ4v) is 3.49. The second kappa shape index (κ2) is 10.5. The Bertz CT molecular complexity index is 1190. The first-order chi connectivity index (χ1) is 15.3. The van der Waals surface area contributed by atoms with E-state index < -0.39 is 34.3 Å². The zero-order valence-corrected chi connectivity index (χ0v) is 17.5. The molecule has 2 aromatic carbocycles. The Kier molecular flexibility index (Phi) is 7.53. The van der Waals surface area contributed by atoms with Gasteiger partial charge < -0.3 is 14.5 Å². The standard InChI is InChI=1S/C22H19FN2O6S/c23-17-6-8-18(9-7-17)25-21(26)15-31-22(27)12-5-16-3-10-20(11-4-16)32(28,29)24-14-19-2-1-13-30-19/h1-13,24H,14-15H2,(H,25,26)/b12-5+. The first-order valence-corrected chi connectivity index (χ1v) is 10.8. The summed E-state index contributed by atoms with van der Waals surface area (Å²) in [5.41, 5.74) is 0.930. The third-order valence-electron chi connectivity index (χ3n) is 4.09. The summed E-state index contributed by atoms with van der Waals surface area (Å²) in [5, 5.41) is 2.46. The molecule has 2 N–H and O–H groups in total. The number of hydrogen-bond donors (Lipinski definition) is 2. The molecule has 10 heteroatoms. The van der Waals surface area contributed by atoms with Gasteiger partial charge in [0.1, 0.15) is 11.6 Å². The van der Waals surface area contributed by atoms with Crippen LogP contribution >= 0.6 is 0 Å². The molecule has 0 aliphatic heterocycles. The highest BCUT2D eigenvalue weighted by molar-refractivity contribution is 7.89. The summed E-state index contributed by atoms with van der Waals surface area (Å²) in [4.78, 5) is 23.6. The number of sulfonamides is 1. The van der Waals surface area contributed by atoms with Gasteiger partial charge in [-0.1, -0.05) is 12.1 Å². The van der Waals surface area contributed by atoms with E-state index >= 15 is 0 Å². The van der Waals surface area contributed by atoms with E-state index in [1.165, 1.54) is 60.9 Å². The van der Waals surface area contributed by atoms with Crippen LogP contribution < -0.4 is 10.0 Å². The van der Waals surface area contributed by atoms with Crippen LogP contribution in [0.4, 0.5) is 10.1 Å². The summed E-state index contributed by atoms with van der Waals surface area (Å²) in [6.45, 7) is -0.489. The first-order valence-electron chi connectivity index (χ1n) is 9.34. The fraction of sp³-hybridized carbons (Fsp3) is 0.0909. The predicted octanol–water partition coefficient (Wildman–Crippen LogP) is 3.09. The zero-order valence-electron chi connectivity index (χ0n) is 16.7. The number of carbonyl (C=O) groups excluding carboxylic acids is 2. The third-order valence-corrected chi connectivity index (χ3v) is 5.51. The monoisotopic (exact) mass is 458 g/mol. The quantitative estimate of drug-likeness (QED) is 0.376. The molecule has 0 spiro atoms. The van der Waals surface area contributed by atoms with Crippen molar-refractivity contribution in [3.63, 3.8) is 0 Å². The first kappa shape index (κ1) is 22.9. The lowest BCUT2D eigenvalue weighted by Crippen LogP contribution is -2.22. The highest BCUT2D eigenvalue weighted by Crippen LogP contribution is 2.13. The zero-order chi connectivity index (χ0) is 23.0. The molecule has 1 amide bonds. The Hall–Kier alpha value is -3.76. The van der Waals surface area contributed by atoms with Gasteiger partial charge >= 0.3 is 5.97 Å². The average molecular weight is 458 g/mol. The summed E-state index contributed by atoms with van der Waals surface area (Å²) in [6, 6.07) is 14.3. The van der Waals surface area contributed by atoms with Crippen LogP contribution in [-0.4, -0.2) is 26.9 Å². The molecule has 8 nitrogen and oxygen atoms in total. The number of amides is 1. The van der Waals surface area contributed by atoms with Crippen molar-refractivity contribution in [1.82, 2.24) is 4.72 Å². The number of esters is 1. The molecule has 1 heterocycles. The number of furan rings is 1. The number of rotatable bonds is 9. The number of ether oxygens (including phenoxy) is 1. The second-order valence-corrected chi connectivity index (χ2v) is 8.24. The molecule has 0 fully saturated rings. The van der Waals surface area contributed by atoms with E-state index in [0.717, 1.165) is 6.08 Å². The van der Waals surface area contributed by atoms with Gasteiger partial charge in [-0.15, -0.1) is 0 Å². The summed E-state index contributed by atoms with van der Waals surface area (Å²) < 4.78 is 49.8. The van der Waals surface area contributed by atoms with Gasteiger partial charge in [0.25, 0.3) is 5.91 Å². The Morgan fingerprint density at radius 3 is 2.41 bits per heavy atom. The van der Waals surface area contributed by atoms with Crippen molar-refractivity contribution in [3.8, 4) is 0 Å². The van der Waals surface area contributed by atoms with Crippen molar-refractivity contribution in [3.05, 3.63) is 90.1 Å². The molecule has 3 aromatic rings. The van der Waals surface area contributed by atoms with Crippen molar-refractivity contribution in [1.29, 1.82) is 0 Å². The van der Waals surface area contributed by atoms with E-state index in [1.54, 1.807) is 12.1 Å². The van der Waals surface area contributed by atoms with E-state index in [9.17, 15) is 22.4 Å². The number of benzene rings is 2. The van der Waals surface area contributed by atoms with Crippen molar-refractivity contribution in [2.75, 3.05) is 11.9 Å². The van der Waals surface area contributed by atoms with Crippen LogP contribution in [-0.2, 0) is 30.9 Å². The van der Waals surface area contributed by atoms with Crippen LogP contribution in [0.25, 0.3) is 6.08 Å². The van der Waals surface area contributed by atoms with Gasteiger partial charge in [0.05, 0.1) is 17.7 Å². The summed E-state index contributed by atoms with van der Waals surface area (Å²) in [7, 11) is -3.72. The summed E-state index contributed by atoms with van der Waals surface area (Å²) >= 11 is 0. The van der Waals surface area contributed by atoms with Crippen LogP contribution in [0.2, 0.25) is 0 Å². The minimum absolute atomic E-state index is 0.0254. The smallest absolute Gasteiger partial charge is 0.331 e. The van der Waals surface area contributed by atoms with Gasteiger partial charge in [-0.25, -0.2) is 22.3 Å². The molecule has 0 aliphatic carbocycles. The maximum absolute atomic E-state index is 12.8. The molecule has 0 bridgehead atoms. The van der Waals surface area contributed by atoms with Crippen LogP contribution in [0.1, 0.15) is 11.3 Å². The Morgan fingerprint density at radius 2 is 1.75 bits per heavy atom. The second-order valence-electron chi connectivity index (χ2n) is 6.47. The molecule has 166 valence electrons. The fourth-order valence-electron chi connectivity index (χ4n) is 2.50. The molecule has 0 saturated heterocycles. The van der Waals surface area contributed by atoms with Gasteiger partial charge in [-0.2, -0.15) is 0 Å². The van der Waals surface area contributed by atoms with Crippen molar-refractivity contribution in [2.24, 2.45) is 0 Å². The minimum atomic E-state index is -3.72. The Morgan fingerprint density at radius 1 is 1.03 bits per heavy atom. The van der Waals surface area contributed by atoms with E-state index in [-0.39, 0.29) is 11.4 Å². The summed E-state index contributed by atoms with van der Waals surface area (Å²) in [5.74, 6) is -1.28. The van der Waals surface area contributed by atoms with Crippen LogP contribution in [0, 0.1) is 5.82 Å². The SMILES string of the molecule is O=C(COC(=O)/C=C/c1ccc(S(=O)(=O)NCc2ccco2)cc1)Nc1ccc(F)cc1. The molecular weight excluding hydrogens is 439 g/mol. The molecule has 0 atom stereocenters. The molecule has 3 rings (SSSR count). The number of halogens is 1. The van der Waals surface area contributed by atoms with Crippen molar-refractivity contribution < 1.29 is 31.6 Å². The average Bonchev–Trinajstić information content (AvgIpc) is 3.31. The number of carbonyl (C=O) groups is 2. The molecule has 0 unspecified atom stereocenters. The topological polar surface area (TPSA) is 115 Å². The Balaban J connectivity index is 1.47. The molecule has 0 saturated carbocycles. The highest BCUT2D eigenvalue weighted by Gasteiger charge is 2.14. The van der Waals surface area contributed by atoms with E-state index in [1.807, 2.05) is 0 Å². The minimum Gasteiger partial charge on any atom is -0.468 e. The predicted molar refractivity (Wildman–Crippen MR) is 114 cm³/mol. The maximum Gasteiger partial charge on any atom is 0.331 e. The van der Waals surface area contributed by atoms with Gasteiger partial charge in [-0.3, -0.25) is 4.79 Å². The molecule has 1 aromatic heterocycles. The number of anilines is 1. The molecule has 32 heavy (non-hydrogen) atoms. The van der Waals surface area contributed by atoms with Gasteiger partial charge in [0, 0.05) is 11.8 Å². The summed E-state index contributed by atoms with van der Waals surface area (Å²) in [6.07, 6.45) is 3.99. The van der Waals surface area contributed by atoms with Gasteiger partial charge in [0.15, 0.2) is 6.61 Å². The lowest BCUT2D eigenvalue weighted by molar-refractivity contribution is -0.142.